The molecule has 2 aromatic rings. The summed E-state index contributed by atoms with van der Waals surface area (Å²) in [5, 5.41) is 0.572. The molecule has 0 aliphatic heterocycles. The Labute approximate surface area is 111 Å². The zero-order valence-electron chi connectivity index (χ0n) is 8.92. The van der Waals surface area contributed by atoms with E-state index in [4.69, 9.17) is 10.5 Å². The topological polar surface area (TPSA) is 73.9 Å². The number of hydrogen-bond donors (Lipinski definition) is 1. The van der Waals surface area contributed by atoms with Crippen LogP contribution in [-0.4, -0.2) is 22.1 Å². The monoisotopic (exact) mass is 312 g/mol. The molecular formula is C10H9BrN4OS. The summed E-state index contributed by atoms with van der Waals surface area (Å²) in [7, 11) is 1.56. The highest BCUT2D eigenvalue weighted by Crippen LogP contribution is 2.31. The Morgan fingerprint density at radius 1 is 1.41 bits per heavy atom. The van der Waals surface area contributed by atoms with E-state index in [9.17, 15) is 0 Å². The van der Waals surface area contributed by atoms with Crippen molar-refractivity contribution in [3.8, 4) is 5.88 Å². The molecule has 0 saturated carbocycles. The minimum absolute atomic E-state index is 0.495. The van der Waals surface area contributed by atoms with Gasteiger partial charge in [0.15, 0.2) is 5.16 Å². The molecule has 0 radical (unpaired) electrons. The Balaban J connectivity index is 2.28. The third-order valence-electron chi connectivity index (χ3n) is 1.89. The van der Waals surface area contributed by atoms with Crippen molar-refractivity contribution >= 4 is 33.4 Å². The minimum atomic E-state index is 0.495. The van der Waals surface area contributed by atoms with Gasteiger partial charge in [-0.3, -0.25) is 4.98 Å². The van der Waals surface area contributed by atoms with E-state index >= 15 is 0 Å². The average molecular weight is 313 g/mol. The SMILES string of the molecule is COc1nc(Sc2ccncc2N)ncc1Br. The van der Waals surface area contributed by atoms with Crippen LogP contribution < -0.4 is 10.5 Å². The van der Waals surface area contributed by atoms with E-state index in [2.05, 4.69) is 30.9 Å². The highest BCUT2D eigenvalue weighted by molar-refractivity contribution is 9.10. The van der Waals surface area contributed by atoms with E-state index in [-0.39, 0.29) is 0 Å². The van der Waals surface area contributed by atoms with Crippen LogP contribution in [0.25, 0.3) is 0 Å². The summed E-state index contributed by atoms with van der Waals surface area (Å²) in [6.45, 7) is 0. The highest BCUT2D eigenvalue weighted by atomic mass is 79.9. The summed E-state index contributed by atoms with van der Waals surface area (Å²) in [6.07, 6.45) is 4.92. The molecule has 0 aliphatic rings. The number of anilines is 1. The van der Waals surface area contributed by atoms with Crippen LogP contribution >= 0.6 is 27.7 Å². The molecule has 0 fully saturated rings. The number of nitrogen functional groups attached to an aromatic ring is 1. The van der Waals surface area contributed by atoms with Crippen LogP contribution in [0.3, 0.4) is 0 Å². The summed E-state index contributed by atoms with van der Waals surface area (Å²) in [4.78, 5) is 13.2. The first kappa shape index (κ1) is 12.1. The molecule has 0 atom stereocenters. The van der Waals surface area contributed by atoms with Gasteiger partial charge in [-0.2, -0.15) is 4.98 Å². The number of methoxy groups -OCH3 is 1. The van der Waals surface area contributed by atoms with E-state index in [1.54, 1.807) is 25.7 Å². The third-order valence-corrected chi connectivity index (χ3v) is 3.41. The fourth-order valence-corrected chi connectivity index (χ4v) is 2.20. The van der Waals surface area contributed by atoms with Gasteiger partial charge in [0.05, 0.1) is 23.5 Å². The van der Waals surface area contributed by atoms with Crippen molar-refractivity contribution in [2.45, 2.75) is 10.1 Å². The number of ether oxygens (including phenoxy) is 1. The van der Waals surface area contributed by atoms with Crippen LogP contribution in [0.2, 0.25) is 0 Å². The predicted molar refractivity (Wildman–Crippen MR) is 69.1 cm³/mol. The Morgan fingerprint density at radius 3 is 2.94 bits per heavy atom. The highest BCUT2D eigenvalue weighted by Gasteiger charge is 2.08. The molecule has 0 bridgehead atoms. The van der Waals surface area contributed by atoms with Crippen molar-refractivity contribution in [2.24, 2.45) is 0 Å². The van der Waals surface area contributed by atoms with Gasteiger partial charge in [0.25, 0.3) is 0 Å². The van der Waals surface area contributed by atoms with Gasteiger partial charge in [-0.25, -0.2) is 4.98 Å². The zero-order valence-corrected chi connectivity index (χ0v) is 11.3. The van der Waals surface area contributed by atoms with Crippen molar-refractivity contribution in [1.82, 2.24) is 15.0 Å². The van der Waals surface area contributed by atoms with Gasteiger partial charge in [-0.05, 0) is 33.8 Å². The molecule has 7 heteroatoms. The van der Waals surface area contributed by atoms with Crippen molar-refractivity contribution in [2.75, 3.05) is 12.8 Å². The fourth-order valence-electron chi connectivity index (χ4n) is 1.11. The van der Waals surface area contributed by atoms with E-state index in [0.717, 1.165) is 4.90 Å². The lowest BCUT2D eigenvalue weighted by molar-refractivity contribution is 0.389. The van der Waals surface area contributed by atoms with Crippen LogP contribution in [0, 0.1) is 0 Å². The largest absolute Gasteiger partial charge is 0.480 e. The maximum atomic E-state index is 5.79. The Bertz CT molecular complexity index is 537. The van der Waals surface area contributed by atoms with Crippen LogP contribution in [0.4, 0.5) is 5.69 Å². The molecule has 2 N–H and O–H groups in total. The maximum absolute atomic E-state index is 5.79. The number of aromatic nitrogens is 3. The van der Waals surface area contributed by atoms with Crippen LogP contribution in [0.5, 0.6) is 5.88 Å². The van der Waals surface area contributed by atoms with Crippen molar-refractivity contribution < 1.29 is 4.74 Å². The molecule has 2 aromatic heterocycles. The lowest BCUT2D eigenvalue weighted by Gasteiger charge is -2.05. The summed E-state index contributed by atoms with van der Waals surface area (Å²) in [5.74, 6) is 0.495. The first-order valence-corrected chi connectivity index (χ1v) is 6.25. The van der Waals surface area contributed by atoms with Crippen LogP contribution in [0.15, 0.2) is 39.2 Å². The van der Waals surface area contributed by atoms with Crippen molar-refractivity contribution in [3.05, 3.63) is 29.1 Å². The van der Waals surface area contributed by atoms with E-state index in [0.29, 0.717) is 21.2 Å². The number of nitrogens with zero attached hydrogens (tertiary/aromatic N) is 3. The Kier molecular flexibility index (Phi) is 3.80. The molecule has 2 heterocycles. The number of nitrogens with two attached hydrogens (primary N) is 1. The van der Waals surface area contributed by atoms with Crippen molar-refractivity contribution in [3.63, 3.8) is 0 Å². The zero-order chi connectivity index (χ0) is 12.3. The second-order valence-electron chi connectivity index (χ2n) is 3.03. The van der Waals surface area contributed by atoms with Gasteiger partial charge < -0.3 is 10.5 Å². The normalized spacial score (nSPS) is 10.2. The van der Waals surface area contributed by atoms with Crippen LogP contribution in [0.1, 0.15) is 0 Å². The Morgan fingerprint density at radius 2 is 2.24 bits per heavy atom. The number of rotatable bonds is 3. The lowest BCUT2D eigenvalue weighted by atomic mass is 10.4. The van der Waals surface area contributed by atoms with Crippen molar-refractivity contribution in [1.29, 1.82) is 0 Å². The molecule has 0 aliphatic carbocycles. The smallest absolute Gasteiger partial charge is 0.231 e. The molecule has 2 rings (SSSR count). The Hall–Kier alpha value is -1.34. The predicted octanol–water partition coefficient (Wildman–Crippen LogP) is 2.38. The van der Waals surface area contributed by atoms with Crippen LogP contribution in [-0.2, 0) is 0 Å². The van der Waals surface area contributed by atoms with Gasteiger partial charge in [0.1, 0.15) is 0 Å². The second kappa shape index (κ2) is 5.33. The number of hydrogen-bond acceptors (Lipinski definition) is 6. The first-order chi connectivity index (χ1) is 8.20. The maximum Gasteiger partial charge on any atom is 0.231 e. The molecule has 88 valence electrons. The summed E-state index contributed by atoms with van der Waals surface area (Å²) in [6, 6.07) is 1.82. The fraction of sp³-hybridized carbons (Fsp3) is 0.100. The van der Waals surface area contributed by atoms with E-state index in [1.807, 2.05) is 6.07 Å². The lowest BCUT2D eigenvalue weighted by Crippen LogP contribution is -1.94. The number of halogens is 1. The van der Waals surface area contributed by atoms with Gasteiger partial charge in [0, 0.05) is 17.3 Å². The quantitative estimate of drug-likeness (QED) is 0.877. The first-order valence-electron chi connectivity index (χ1n) is 4.64. The second-order valence-corrected chi connectivity index (χ2v) is 4.89. The average Bonchev–Trinajstić information content (AvgIpc) is 2.34. The standard InChI is InChI=1S/C10H9BrN4OS/c1-16-9-6(11)4-14-10(15-9)17-8-2-3-13-5-7(8)12/h2-5H,12H2,1H3. The molecule has 5 nitrogen and oxygen atoms in total. The van der Waals surface area contributed by atoms with Gasteiger partial charge in [-0.15, -0.1) is 0 Å². The molecule has 0 unspecified atom stereocenters. The molecule has 0 aromatic carbocycles. The summed E-state index contributed by atoms with van der Waals surface area (Å²) < 4.78 is 5.81. The molecule has 0 amide bonds. The van der Waals surface area contributed by atoms with Gasteiger partial charge in [0.2, 0.25) is 5.88 Å². The summed E-state index contributed by atoms with van der Waals surface area (Å²) >= 11 is 4.66. The summed E-state index contributed by atoms with van der Waals surface area (Å²) in [5.41, 5.74) is 6.39. The minimum Gasteiger partial charge on any atom is -0.480 e. The molecule has 17 heavy (non-hydrogen) atoms. The number of pyridine rings is 1. The van der Waals surface area contributed by atoms with E-state index < -0.39 is 0 Å². The van der Waals surface area contributed by atoms with Gasteiger partial charge in [-0.1, -0.05) is 0 Å². The molecule has 0 spiro atoms. The third kappa shape index (κ3) is 2.86. The van der Waals surface area contributed by atoms with Gasteiger partial charge >= 0.3 is 0 Å². The van der Waals surface area contributed by atoms with E-state index in [1.165, 1.54) is 11.8 Å². The molecule has 0 saturated heterocycles. The molecular weight excluding hydrogens is 304 g/mol.